The number of nitrogens with two attached hydrogens (primary N) is 1. The van der Waals surface area contributed by atoms with E-state index in [9.17, 15) is 0 Å². The third kappa shape index (κ3) is 4.12. The summed E-state index contributed by atoms with van der Waals surface area (Å²) in [4.78, 5) is 4.16. The van der Waals surface area contributed by atoms with Crippen molar-refractivity contribution in [1.82, 2.24) is 4.98 Å². The van der Waals surface area contributed by atoms with Crippen LogP contribution in [0, 0.1) is 0 Å². The third-order valence-electron chi connectivity index (χ3n) is 5.62. The highest BCUT2D eigenvalue weighted by molar-refractivity contribution is 6.77. The van der Waals surface area contributed by atoms with E-state index in [0.717, 1.165) is 24.9 Å². The Labute approximate surface area is 148 Å². The van der Waals surface area contributed by atoms with Crippen molar-refractivity contribution in [2.75, 3.05) is 11.1 Å². The summed E-state index contributed by atoms with van der Waals surface area (Å²) < 4.78 is 6.93. The Hall–Kier alpha value is -1.07. The molecular formula is C19H35N3OSi. The van der Waals surface area contributed by atoms with Crippen LogP contribution in [0.2, 0.25) is 16.6 Å². The molecule has 1 aromatic rings. The fourth-order valence-corrected chi connectivity index (χ4v) is 10.2. The van der Waals surface area contributed by atoms with Crippen molar-refractivity contribution < 1.29 is 4.43 Å². The predicted octanol–water partition coefficient (Wildman–Crippen LogP) is 5.19. The van der Waals surface area contributed by atoms with Crippen LogP contribution in [0.1, 0.15) is 60.8 Å². The zero-order valence-electron chi connectivity index (χ0n) is 16.2. The molecule has 0 aromatic carbocycles. The minimum absolute atomic E-state index is 0.392. The minimum atomic E-state index is -1.78. The molecule has 0 spiro atoms. The summed E-state index contributed by atoms with van der Waals surface area (Å²) in [6, 6.07) is 4.32. The van der Waals surface area contributed by atoms with Crippen molar-refractivity contribution in [1.29, 1.82) is 0 Å². The molecule has 24 heavy (non-hydrogen) atoms. The van der Waals surface area contributed by atoms with E-state index in [4.69, 9.17) is 10.2 Å². The number of nitrogen functional groups attached to an aromatic ring is 1. The Bertz CT molecular complexity index is 494. The van der Waals surface area contributed by atoms with Gasteiger partial charge in [0.05, 0.1) is 11.9 Å². The maximum absolute atomic E-state index is 6.93. The van der Waals surface area contributed by atoms with E-state index >= 15 is 0 Å². The Morgan fingerprint density at radius 2 is 1.71 bits per heavy atom. The molecule has 0 amide bonds. The Kier molecular flexibility index (Phi) is 6.32. The van der Waals surface area contributed by atoms with Crippen LogP contribution in [-0.4, -0.2) is 25.4 Å². The van der Waals surface area contributed by atoms with Gasteiger partial charge in [-0.05, 0) is 48.0 Å². The molecule has 2 atom stereocenters. The molecule has 4 nitrogen and oxygen atoms in total. The summed E-state index contributed by atoms with van der Waals surface area (Å²) in [7, 11) is -1.78. The summed E-state index contributed by atoms with van der Waals surface area (Å²) in [6.07, 6.45) is 5.61. The zero-order chi connectivity index (χ0) is 17.9. The smallest absolute Gasteiger partial charge is 0.200 e. The van der Waals surface area contributed by atoms with Gasteiger partial charge in [0, 0.05) is 12.1 Å². The third-order valence-corrected chi connectivity index (χ3v) is 11.8. The molecule has 1 aliphatic carbocycles. The number of nitrogens with zero attached hydrogens (tertiary/aromatic N) is 1. The van der Waals surface area contributed by atoms with Crippen LogP contribution in [0.15, 0.2) is 18.3 Å². The van der Waals surface area contributed by atoms with E-state index in [2.05, 4.69) is 51.8 Å². The highest BCUT2D eigenvalue weighted by Crippen LogP contribution is 2.44. The molecule has 1 aliphatic rings. The van der Waals surface area contributed by atoms with E-state index in [1.54, 1.807) is 0 Å². The molecule has 3 N–H and O–H groups in total. The van der Waals surface area contributed by atoms with E-state index < -0.39 is 8.32 Å². The van der Waals surface area contributed by atoms with Gasteiger partial charge in [-0.3, -0.25) is 0 Å². The van der Waals surface area contributed by atoms with Crippen molar-refractivity contribution in [3.63, 3.8) is 0 Å². The molecule has 0 radical (unpaired) electrons. The van der Waals surface area contributed by atoms with Crippen LogP contribution in [0.25, 0.3) is 0 Å². The van der Waals surface area contributed by atoms with Gasteiger partial charge in [-0.15, -0.1) is 0 Å². The number of rotatable bonds is 7. The monoisotopic (exact) mass is 349 g/mol. The molecule has 136 valence electrons. The van der Waals surface area contributed by atoms with Crippen molar-refractivity contribution >= 4 is 19.8 Å². The minimum Gasteiger partial charge on any atom is -0.413 e. The Morgan fingerprint density at radius 3 is 2.21 bits per heavy atom. The molecule has 1 fully saturated rings. The fourth-order valence-electron chi connectivity index (χ4n) is 4.60. The second kappa shape index (κ2) is 7.87. The first-order valence-corrected chi connectivity index (χ1v) is 11.6. The lowest BCUT2D eigenvalue weighted by Crippen LogP contribution is -2.50. The second-order valence-electron chi connectivity index (χ2n) is 8.18. The highest BCUT2D eigenvalue weighted by Gasteiger charge is 2.47. The molecule has 0 saturated heterocycles. The van der Waals surface area contributed by atoms with Gasteiger partial charge in [0.15, 0.2) is 0 Å². The molecule has 2 rings (SSSR count). The molecule has 5 heteroatoms. The van der Waals surface area contributed by atoms with E-state index in [-0.39, 0.29) is 0 Å². The van der Waals surface area contributed by atoms with Gasteiger partial charge in [-0.1, -0.05) is 41.5 Å². The summed E-state index contributed by atoms with van der Waals surface area (Å²) in [5.41, 5.74) is 8.64. The fraction of sp³-hybridized carbons (Fsp3) is 0.737. The summed E-state index contributed by atoms with van der Waals surface area (Å²) in [5.74, 6) is 0.565. The van der Waals surface area contributed by atoms with Crippen molar-refractivity contribution in [2.24, 2.45) is 0 Å². The van der Waals surface area contributed by atoms with Gasteiger partial charge in [-0.2, -0.15) is 0 Å². The Morgan fingerprint density at radius 1 is 1.08 bits per heavy atom. The number of pyridine rings is 1. The molecule has 0 bridgehead atoms. The van der Waals surface area contributed by atoms with E-state index in [0.29, 0.717) is 34.6 Å². The first-order chi connectivity index (χ1) is 11.3. The molecule has 0 aliphatic heterocycles. The first-order valence-electron chi connectivity index (χ1n) is 9.41. The number of nitrogens with one attached hydrogen (secondary N) is 1. The van der Waals surface area contributed by atoms with Crippen molar-refractivity contribution in [2.45, 2.75) is 89.6 Å². The van der Waals surface area contributed by atoms with E-state index in [1.165, 1.54) is 0 Å². The predicted molar refractivity (Wildman–Crippen MR) is 106 cm³/mol. The standard InChI is InChI=1S/C19H35N3OSi/c1-13(2)24(14(3)4,15(5)6)23-18-9-7-16(11-18)22-17-8-10-19(20)21-12-17/h8,10,12-16,18,22H,7,9,11H2,1-6H3,(H2,20,21)/t16-,18-/m0/s1. The van der Waals surface area contributed by atoms with Crippen LogP contribution in [0.5, 0.6) is 0 Å². The maximum atomic E-state index is 6.93. The van der Waals surface area contributed by atoms with Gasteiger partial charge >= 0.3 is 0 Å². The van der Waals surface area contributed by atoms with Crippen LogP contribution in [0.3, 0.4) is 0 Å². The molecule has 0 unspecified atom stereocenters. The lowest BCUT2D eigenvalue weighted by molar-refractivity contribution is 0.179. The average Bonchev–Trinajstić information content (AvgIpc) is 2.93. The van der Waals surface area contributed by atoms with Crippen LogP contribution in [-0.2, 0) is 4.43 Å². The van der Waals surface area contributed by atoms with Gasteiger partial charge in [0.2, 0.25) is 8.32 Å². The zero-order valence-corrected chi connectivity index (χ0v) is 17.2. The van der Waals surface area contributed by atoms with Gasteiger partial charge in [0.25, 0.3) is 0 Å². The summed E-state index contributed by atoms with van der Waals surface area (Å²) in [5, 5.41) is 3.59. The van der Waals surface area contributed by atoms with E-state index in [1.807, 2.05) is 18.3 Å². The van der Waals surface area contributed by atoms with Crippen LogP contribution >= 0.6 is 0 Å². The van der Waals surface area contributed by atoms with Gasteiger partial charge in [-0.25, -0.2) is 4.98 Å². The number of aromatic nitrogens is 1. The first kappa shape index (κ1) is 19.3. The van der Waals surface area contributed by atoms with Crippen LogP contribution < -0.4 is 11.1 Å². The second-order valence-corrected chi connectivity index (χ2v) is 13.6. The molecule has 1 heterocycles. The highest BCUT2D eigenvalue weighted by atomic mass is 28.4. The lowest BCUT2D eigenvalue weighted by atomic mass is 10.2. The van der Waals surface area contributed by atoms with Crippen LogP contribution in [0.4, 0.5) is 11.5 Å². The van der Waals surface area contributed by atoms with Gasteiger partial charge in [0.1, 0.15) is 5.82 Å². The topological polar surface area (TPSA) is 60.2 Å². The molecule has 1 aromatic heterocycles. The number of hydrogen-bond acceptors (Lipinski definition) is 4. The molecule has 1 saturated carbocycles. The van der Waals surface area contributed by atoms with Crippen molar-refractivity contribution in [3.8, 4) is 0 Å². The quantitative estimate of drug-likeness (QED) is 0.665. The maximum Gasteiger partial charge on any atom is 0.200 e. The average molecular weight is 350 g/mol. The van der Waals surface area contributed by atoms with Crippen molar-refractivity contribution in [3.05, 3.63) is 18.3 Å². The normalized spacial score (nSPS) is 21.9. The summed E-state index contributed by atoms with van der Waals surface area (Å²) >= 11 is 0. The summed E-state index contributed by atoms with van der Waals surface area (Å²) in [6.45, 7) is 14.1. The largest absolute Gasteiger partial charge is 0.413 e. The number of hydrogen-bond donors (Lipinski definition) is 2. The SMILES string of the molecule is CC(C)[Si](O[C@H]1CC[C@H](Nc2ccc(N)nc2)C1)(C(C)C)C(C)C. The number of anilines is 2. The lowest BCUT2D eigenvalue weighted by Gasteiger charge is -2.44. The molecular weight excluding hydrogens is 314 g/mol. The Balaban J connectivity index is 2.00. The van der Waals surface area contributed by atoms with Gasteiger partial charge < -0.3 is 15.5 Å².